The fourth-order valence-electron chi connectivity index (χ4n) is 2.64. The molecule has 0 N–H and O–H groups in total. The minimum atomic E-state index is -0.761. The molecule has 1 heterocycles. The van der Waals surface area contributed by atoms with E-state index < -0.39 is 23.1 Å². The molecule has 0 aliphatic rings. The van der Waals surface area contributed by atoms with Gasteiger partial charge in [-0.25, -0.2) is 4.79 Å². The van der Waals surface area contributed by atoms with Crippen LogP contribution in [0.2, 0.25) is 0 Å². The molecule has 0 saturated heterocycles. The number of ether oxygens (including phenoxy) is 3. The first-order valence-electron chi connectivity index (χ1n) is 8.59. The molecule has 1 aromatic heterocycles. The Balaban J connectivity index is 2.61. The lowest BCUT2D eigenvalue weighted by molar-refractivity contribution is -0.155. The fraction of sp³-hybridized carbons (Fsp3) is 0.450. The quantitative estimate of drug-likeness (QED) is 0.588. The van der Waals surface area contributed by atoms with Gasteiger partial charge in [0.2, 0.25) is 0 Å². The molecule has 0 aliphatic carbocycles. The van der Waals surface area contributed by atoms with Crippen LogP contribution in [0.15, 0.2) is 24.3 Å². The van der Waals surface area contributed by atoms with Gasteiger partial charge in [-0.1, -0.05) is 12.1 Å². The van der Waals surface area contributed by atoms with E-state index in [0.29, 0.717) is 10.9 Å². The molecule has 1 aromatic carbocycles. The van der Waals surface area contributed by atoms with Gasteiger partial charge in [0, 0.05) is 5.39 Å². The van der Waals surface area contributed by atoms with Gasteiger partial charge in [0.1, 0.15) is 17.7 Å². The molecule has 7 heteroatoms. The maximum absolute atomic E-state index is 12.8. The summed E-state index contributed by atoms with van der Waals surface area (Å²) in [4.78, 5) is 36.2. The van der Waals surface area contributed by atoms with Crippen LogP contribution in [-0.4, -0.2) is 34.2 Å². The molecule has 0 saturated carbocycles. The average Bonchev–Trinajstić information content (AvgIpc) is 2.78. The van der Waals surface area contributed by atoms with Gasteiger partial charge in [-0.3, -0.25) is 9.59 Å². The van der Waals surface area contributed by atoms with Crippen LogP contribution in [0, 0.1) is 0 Å². The van der Waals surface area contributed by atoms with Crippen LogP contribution in [0.25, 0.3) is 10.9 Å². The number of esters is 2. The molecule has 146 valence electrons. The first-order chi connectivity index (χ1) is 12.4. The molecule has 7 nitrogen and oxygen atoms in total. The number of nitrogens with zero attached hydrogens (tertiary/aromatic N) is 1. The van der Waals surface area contributed by atoms with Crippen molar-refractivity contribution in [3.8, 4) is 5.75 Å². The van der Waals surface area contributed by atoms with E-state index in [1.807, 2.05) is 0 Å². The lowest BCUT2D eigenvalue weighted by Crippen LogP contribution is -2.29. The summed E-state index contributed by atoms with van der Waals surface area (Å²) in [6, 6.07) is 6.94. The zero-order chi connectivity index (χ0) is 20.4. The third kappa shape index (κ3) is 5.09. The average molecular weight is 375 g/mol. The third-order valence-corrected chi connectivity index (χ3v) is 3.39. The summed E-state index contributed by atoms with van der Waals surface area (Å²) < 4.78 is 17.4. The SMILES string of the molecule is CC(C)(C)OC(=O)Cn1c(C(=O)OC(C)(C)C)c(OC=O)c2ccccc21. The van der Waals surface area contributed by atoms with Crippen LogP contribution in [0.3, 0.4) is 0 Å². The lowest BCUT2D eigenvalue weighted by Gasteiger charge is -2.22. The molecule has 0 amide bonds. The van der Waals surface area contributed by atoms with Gasteiger partial charge in [0.15, 0.2) is 11.4 Å². The Morgan fingerprint density at radius 1 is 1.00 bits per heavy atom. The molecule has 2 rings (SSSR count). The molecule has 2 aromatic rings. The van der Waals surface area contributed by atoms with Crippen LogP contribution in [0.4, 0.5) is 0 Å². The maximum Gasteiger partial charge on any atom is 0.359 e. The first-order valence-corrected chi connectivity index (χ1v) is 8.59. The van der Waals surface area contributed by atoms with Crippen molar-refractivity contribution in [1.29, 1.82) is 0 Å². The minimum absolute atomic E-state index is 0.0101. The van der Waals surface area contributed by atoms with E-state index in [4.69, 9.17) is 14.2 Å². The molecule has 0 bridgehead atoms. The Labute approximate surface area is 158 Å². The van der Waals surface area contributed by atoms with Crippen molar-refractivity contribution in [3.05, 3.63) is 30.0 Å². The van der Waals surface area contributed by atoms with Crippen molar-refractivity contribution < 1.29 is 28.6 Å². The standard InChI is InChI=1S/C20H25NO6/c1-19(2,3)26-15(23)11-21-14-10-8-7-9-13(14)17(25-12-22)16(21)18(24)27-20(4,5)6/h7-10,12H,11H2,1-6H3. The van der Waals surface area contributed by atoms with E-state index in [1.54, 1.807) is 65.8 Å². The van der Waals surface area contributed by atoms with E-state index in [0.717, 1.165) is 0 Å². The summed E-state index contributed by atoms with van der Waals surface area (Å²) in [5.74, 6) is -1.16. The Kier molecular flexibility index (Phi) is 5.63. The number of carbonyl (C=O) groups excluding carboxylic acids is 3. The van der Waals surface area contributed by atoms with E-state index in [1.165, 1.54) is 4.57 Å². The van der Waals surface area contributed by atoms with Gasteiger partial charge in [-0.2, -0.15) is 0 Å². The van der Waals surface area contributed by atoms with Gasteiger partial charge in [-0.15, -0.1) is 0 Å². The van der Waals surface area contributed by atoms with Crippen molar-refractivity contribution in [1.82, 2.24) is 4.57 Å². The van der Waals surface area contributed by atoms with Crippen molar-refractivity contribution in [2.45, 2.75) is 59.3 Å². The minimum Gasteiger partial charge on any atom is -0.459 e. The summed E-state index contributed by atoms with van der Waals surface area (Å²) in [6.07, 6.45) is 0. The lowest BCUT2D eigenvalue weighted by atomic mass is 10.2. The van der Waals surface area contributed by atoms with E-state index >= 15 is 0 Å². The summed E-state index contributed by atoms with van der Waals surface area (Å²) in [5, 5.41) is 0.522. The summed E-state index contributed by atoms with van der Waals surface area (Å²) in [6.45, 7) is 10.5. The molecule has 0 atom stereocenters. The Bertz CT molecular complexity index is 867. The van der Waals surface area contributed by atoms with E-state index in [2.05, 4.69) is 0 Å². The molecule has 27 heavy (non-hydrogen) atoms. The molecule has 0 radical (unpaired) electrons. The second kappa shape index (κ2) is 7.42. The van der Waals surface area contributed by atoms with E-state index in [9.17, 15) is 14.4 Å². The van der Waals surface area contributed by atoms with Crippen molar-refractivity contribution in [2.75, 3.05) is 0 Å². The second-order valence-corrected chi connectivity index (χ2v) is 8.08. The number of benzene rings is 1. The van der Waals surface area contributed by atoms with Crippen LogP contribution in [0.1, 0.15) is 52.0 Å². The first kappa shape index (κ1) is 20.5. The van der Waals surface area contributed by atoms with Gasteiger partial charge >= 0.3 is 11.9 Å². The molecule has 0 spiro atoms. The van der Waals surface area contributed by atoms with Crippen molar-refractivity contribution in [3.63, 3.8) is 0 Å². The number of aromatic nitrogens is 1. The molecule has 0 aliphatic heterocycles. The van der Waals surface area contributed by atoms with Gasteiger partial charge in [-0.05, 0) is 53.7 Å². The van der Waals surface area contributed by atoms with Crippen LogP contribution in [0.5, 0.6) is 5.75 Å². The molecule has 0 fully saturated rings. The number of carbonyl (C=O) groups is 3. The fourth-order valence-corrected chi connectivity index (χ4v) is 2.64. The normalized spacial score (nSPS) is 11.9. The summed E-state index contributed by atoms with van der Waals surface area (Å²) in [7, 11) is 0. The molecule has 0 unspecified atom stereocenters. The van der Waals surface area contributed by atoms with Crippen LogP contribution >= 0.6 is 0 Å². The predicted octanol–water partition coefficient (Wildman–Crippen LogP) is 3.47. The topological polar surface area (TPSA) is 83.8 Å². The van der Waals surface area contributed by atoms with Crippen molar-refractivity contribution >= 4 is 29.3 Å². The van der Waals surface area contributed by atoms with Crippen LogP contribution < -0.4 is 4.74 Å². The Hall–Kier alpha value is -2.83. The number of hydrogen-bond donors (Lipinski definition) is 0. The molecular weight excluding hydrogens is 350 g/mol. The Morgan fingerprint density at radius 3 is 2.15 bits per heavy atom. The zero-order valence-corrected chi connectivity index (χ0v) is 16.5. The second-order valence-electron chi connectivity index (χ2n) is 8.08. The van der Waals surface area contributed by atoms with Gasteiger partial charge in [0.25, 0.3) is 6.47 Å². The third-order valence-electron chi connectivity index (χ3n) is 3.39. The van der Waals surface area contributed by atoms with Crippen molar-refractivity contribution in [2.24, 2.45) is 0 Å². The highest BCUT2D eigenvalue weighted by molar-refractivity contribution is 6.03. The highest BCUT2D eigenvalue weighted by Crippen LogP contribution is 2.34. The monoisotopic (exact) mass is 375 g/mol. The summed E-state index contributed by atoms with van der Waals surface area (Å²) >= 11 is 0. The Morgan fingerprint density at radius 2 is 1.59 bits per heavy atom. The van der Waals surface area contributed by atoms with Gasteiger partial charge < -0.3 is 18.8 Å². The summed E-state index contributed by atoms with van der Waals surface area (Å²) in [5.41, 5.74) is -0.887. The predicted molar refractivity (Wildman–Crippen MR) is 99.6 cm³/mol. The number of rotatable bonds is 5. The number of fused-ring (bicyclic) bond motifs is 1. The maximum atomic E-state index is 12.8. The van der Waals surface area contributed by atoms with Crippen LogP contribution in [-0.2, 0) is 25.6 Å². The molecular formula is C20H25NO6. The van der Waals surface area contributed by atoms with E-state index in [-0.39, 0.29) is 24.5 Å². The number of hydrogen-bond acceptors (Lipinski definition) is 6. The smallest absolute Gasteiger partial charge is 0.359 e. The van der Waals surface area contributed by atoms with Gasteiger partial charge in [0.05, 0.1) is 5.52 Å². The highest BCUT2D eigenvalue weighted by Gasteiger charge is 2.30. The highest BCUT2D eigenvalue weighted by atomic mass is 16.6. The number of para-hydroxylation sites is 1. The zero-order valence-electron chi connectivity index (χ0n) is 16.5. The largest absolute Gasteiger partial charge is 0.459 e.